The molecule has 0 bridgehead atoms. The van der Waals surface area contributed by atoms with Gasteiger partial charge in [-0.1, -0.05) is 25.1 Å². The predicted molar refractivity (Wildman–Crippen MR) is 110 cm³/mol. The number of nitrogens with one attached hydrogen (secondary N) is 1. The highest BCUT2D eigenvalue weighted by Crippen LogP contribution is 2.32. The van der Waals surface area contributed by atoms with Crippen LogP contribution in [0.3, 0.4) is 0 Å². The lowest BCUT2D eigenvalue weighted by Gasteiger charge is -2.36. The summed E-state index contributed by atoms with van der Waals surface area (Å²) in [7, 11) is 0. The van der Waals surface area contributed by atoms with E-state index in [-0.39, 0.29) is 30.9 Å². The molecule has 0 spiro atoms. The molecule has 0 radical (unpaired) electrons. The summed E-state index contributed by atoms with van der Waals surface area (Å²) in [6, 6.07) is 5.23. The van der Waals surface area contributed by atoms with E-state index < -0.39 is 11.7 Å². The summed E-state index contributed by atoms with van der Waals surface area (Å²) in [5.74, 6) is 0.639. The topological polar surface area (TPSA) is 54.5 Å². The lowest BCUT2D eigenvalue weighted by atomic mass is 9.86. The Balaban J connectivity index is 1.59. The molecule has 2 amide bonds. The Hall–Kier alpha value is -2.13. The van der Waals surface area contributed by atoms with Crippen molar-refractivity contribution in [1.82, 2.24) is 9.88 Å². The van der Waals surface area contributed by atoms with E-state index in [1.54, 1.807) is 22.5 Å². The van der Waals surface area contributed by atoms with Crippen molar-refractivity contribution in [3.05, 3.63) is 47.0 Å². The monoisotopic (exact) mass is 441 g/mol. The number of carbonyl (C=O) groups is 1. The number of carbonyl (C=O) groups excluding carboxylic acids is 1. The molecule has 1 heterocycles. The van der Waals surface area contributed by atoms with E-state index in [2.05, 4.69) is 17.2 Å². The van der Waals surface area contributed by atoms with Gasteiger partial charge in [0.1, 0.15) is 0 Å². The van der Waals surface area contributed by atoms with Crippen LogP contribution in [0.2, 0.25) is 0 Å². The first-order chi connectivity index (χ1) is 14.3. The minimum absolute atomic E-state index is 0.0900. The highest BCUT2D eigenvalue weighted by molar-refractivity contribution is 7.13. The van der Waals surface area contributed by atoms with Crippen LogP contribution >= 0.6 is 11.3 Å². The number of alkyl halides is 3. The number of anilines is 1. The molecule has 0 unspecified atom stereocenters. The Kier molecular flexibility index (Phi) is 7.71. The number of amides is 2. The maximum atomic E-state index is 13.1. The summed E-state index contributed by atoms with van der Waals surface area (Å²) in [5.41, 5.74) is -0.597. The van der Waals surface area contributed by atoms with E-state index in [1.165, 1.54) is 23.5 Å². The molecular weight excluding hydrogens is 415 g/mol. The Labute approximate surface area is 178 Å². The lowest BCUT2D eigenvalue weighted by Crippen LogP contribution is -2.46. The van der Waals surface area contributed by atoms with E-state index in [0.29, 0.717) is 17.6 Å². The number of nitrogens with zero attached hydrogens (tertiary/aromatic N) is 2. The molecule has 0 saturated heterocycles. The second-order valence-electron chi connectivity index (χ2n) is 7.58. The van der Waals surface area contributed by atoms with Crippen molar-refractivity contribution in [2.75, 3.05) is 18.5 Å². The summed E-state index contributed by atoms with van der Waals surface area (Å²) >= 11 is 1.34. The van der Waals surface area contributed by atoms with Crippen molar-refractivity contribution in [3.8, 4) is 0 Å². The number of thiazole rings is 1. The molecule has 3 rings (SSSR count). The SMILES string of the molecule is CC1CCC(N(CCOCc2ccccc2C(F)(F)F)C(=O)Nc2nccs2)CC1. The number of halogens is 3. The molecule has 5 nitrogen and oxygen atoms in total. The van der Waals surface area contributed by atoms with E-state index >= 15 is 0 Å². The van der Waals surface area contributed by atoms with Crippen molar-refractivity contribution in [2.24, 2.45) is 5.92 Å². The van der Waals surface area contributed by atoms with Gasteiger partial charge in [0.2, 0.25) is 0 Å². The fourth-order valence-corrected chi connectivity index (χ4v) is 4.24. The van der Waals surface area contributed by atoms with E-state index in [1.807, 2.05) is 0 Å². The fraction of sp³-hybridized carbons (Fsp3) is 0.524. The van der Waals surface area contributed by atoms with Crippen LogP contribution in [0, 0.1) is 5.92 Å². The van der Waals surface area contributed by atoms with Crippen LogP contribution in [-0.4, -0.2) is 35.1 Å². The summed E-state index contributed by atoms with van der Waals surface area (Å²) in [6.45, 7) is 2.52. The molecule has 164 valence electrons. The Morgan fingerprint density at radius 3 is 2.67 bits per heavy atom. The molecule has 1 saturated carbocycles. The van der Waals surface area contributed by atoms with E-state index in [9.17, 15) is 18.0 Å². The quantitative estimate of drug-likeness (QED) is 0.553. The summed E-state index contributed by atoms with van der Waals surface area (Å²) in [6.07, 6.45) is 1.11. The molecule has 1 aromatic heterocycles. The fourth-order valence-electron chi connectivity index (χ4n) is 3.72. The first-order valence-corrected chi connectivity index (χ1v) is 10.9. The van der Waals surface area contributed by atoms with Crippen LogP contribution in [0.4, 0.5) is 23.1 Å². The van der Waals surface area contributed by atoms with Gasteiger partial charge in [-0.3, -0.25) is 5.32 Å². The highest BCUT2D eigenvalue weighted by Gasteiger charge is 2.33. The number of rotatable bonds is 7. The van der Waals surface area contributed by atoms with Gasteiger partial charge in [-0.05, 0) is 43.2 Å². The molecule has 1 fully saturated rings. The van der Waals surface area contributed by atoms with Crippen molar-refractivity contribution < 1.29 is 22.7 Å². The third-order valence-electron chi connectivity index (χ3n) is 5.39. The van der Waals surface area contributed by atoms with Gasteiger partial charge in [-0.25, -0.2) is 9.78 Å². The predicted octanol–water partition coefficient (Wildman–Crippen LogP) is 5.79. The van der Waals surface area contributed by atoms with Gasteiger partial charge in [0.15, 0.2) is 5.13 Å². The molecular formula is C21H26F3N3O2S. The Bertz CT molecular complexity index is 806. The maximum absolute atomic E-state index is 13.1. The maximum Gasteiger partial charge on any atom is 0.416 e. The van der Waals surface area contributed by atoms with Gasteiger partial charge in [0, 0.05) is 24.2 Å². The molecule has 0 atom stereocenters. The van der Waals surface area contributed by atoms with Crippen LogP contribution in [0.15, 0.2) is 35.8 Å². The van der Waals surface area contributed by atoms with Gasteiger partial charge < -0.3 is 9.64 Å². The highest BCUT2D eigenvalue weighted by atomic mass is 32.1. The van der Waals surface area contributed by atoms with Gasteiger partial charge in [0.05, 0.1) is 18.8 Å². The van der Waals surface area contributed by atoms with E-state index in [0.717, 1.165) is 31.7 Å². The van der Waals surface area contributed by atoms with Crippen LogP contribution in [0.1, 0.15) is 43.7 Å². The number of hydrogen-bond donors (Lipinski definition) is 1. The number of aromatic nitrogens is 1. The zero-order chi connectivity index (χ0) is 21.6. The smallest absolute Gasteiger partial charge is 0.375 e. The summed E-state index contributed by atoms with van der Waals surface area (Å²) in [5, 5.41) is 5.11. The molecule has 2 aromatic rings. The number of ether oxygens (including phenoxy) is 1. The summed E-state index contributed by atoms with van der Waals surface area (Å²) < 4.78 is 44.9. The van der Waals surface area contributed by atoms with Gasteiger partial charge >= 0.3 is 12.2 Å². The van der Waals surface area contributed by atoms with Crippen LogP contribution in [0.5, 0.6) is 0 Å². The molecule has 9 heteroatoms. The van der Waals surface area contributed by atoms with Gasteiger partial charge in [-0.15, -0.1) is 11.3 Å². The molecule has 1 aliphatic rings. The Morgan fingerprint density at radius 2 is 2.00 bits per heavy atom. The Morgan fingerprint density at radius 1 is 1.27 bits per heavy atom. The first-order valence-electron chi connectivity index (χ1n) is 10.0. The van der Waals surface area contributed by atoms with Gasteiger partial charge in [-0.2, -0.15) is 13.2 Å². The average molecular weight is 442 g/mol. The van der Waals surface area contributed by atoms with Crippen molar-refractivity contribution in [1.29, 1.82) is 0 Å². The van der Waals surface area contributed by atoms with E-state index in [4.69, 9.17) is 4.74 Å². The first kappa shape index (κ1) is 22.6. The molecule has 0 aliphatic heterocycles. The van der Waals surface area contributed by atoms with Crippen molar-refractivity contribution >= 4 is 22.5 Å². The van der Waals surface area contributed by atoms with Gasteiger partial charge in [0.25, 0.3) is 0 Å². The normalized spacial score (nSPS) is 19.5. The second-order valence-corrected chi connectivity index (χ2v) is 8.48. The van der Waals surface area contributed by atoms with Crippen molar-refractivity contribution in [2.45, 2.75) is 51.4 Å². The molecule has 1 aromatic carbocycles. The van der Waals surface area contributed by atoms with Crippen molar-refractivity contribution in [3.63, 3.8) is 0 Å². The molecule has 1 aliphatic carbocycles. The minimum atomic E-state index is -4.42. The zero-order valence-corrected chi connectivity index (χ0v) is 17.6. The molecule has 30 heavy (non-hydrogen) atoms. The third-order valence-corrected chi connectivity index (χ3v) is 6.08. The zero-order valence-electron chi connectivity index (χ0n) is 16.8. The average Bonchev–Trinajstić information content (AvgIpc) is 3.21. The van der Waals surface area contributed by atoms with Crippen LogP contribution in [0.25, 0.3) is 0 Å². The molecule has 1 N–H and O–H groups in total. The number of hydrogen-bond acceptors (Lipinski definition) is 4. The number of urea groups is 1. The van der Waals surface area contributed by atoms with Crippen LogP contribution in [-0.2, 0) is 17.5 Å². The minimum Gasteiger partial charge on any atom is -0.375 e. The standard InChI is InChI=1S/C21H26F3N3O2S/c1-15-6-8-17(9-7-15)27(20(28)26-19-25-10-13-30-19)11-12-29-14-16-4-2-3-5-18(16)21(22,23)24/h2-5,10,13,15,17H,6-9,11-12,14H2,1H3,(H,25,26,28). The second kappa shape index (κ2) is 10.3. The van der Waals surface area contributed by atoms with Crippen LogP contribution < -0.4 is 5.32 Å². The lowest BCUT2D eigenvalue weighted by molar-refractivity contribution is -0.138. The summed E-state index contributed by atoms with van der Waals surface area (Å²) in [4.78, 5) is 18.6. The largest absolute Gasteiger partial charge is 0.416 e. The number of benzene rings is 1. The third kappa shape index (κ3) is 6.18.